The number of piperidine rings is 1. The minimum Gasteiger partial charge on any atom is -0.351 e. The van der Waals surface area contributed by atoms with Gasteiger partial charge in [0, 0.05) is 32.0 Å². The third-order valence-corrected chi connectivity index (χ3v) is 5.03. The fraction of sp³-hybridized carbons (Fsp3) is 0.611. The quantitative estimate of drug-likeness (QED) is 0.751. The van der Waals surface area contributed by atoms with Crippen LogP contribution in [0.15, 0.2) is 12.3 Å². The fourth-order valence-electron chi connectivity index (χ4n) is 3.46. The number of hydrogen-bond donors (Lipinski definition) is 2. The van der Waals surface area contributed by atoms with Crippen LogP contribution in [0.1, 0.15) is 52.7 Å². The lowest BCUT2D eigenvalue weighted by Gasteiger charge is -2.22. The summed E-state index contributed by atoms with van der Waals surface area (Å²) in [5.41, 5.74) is 4.06. The van der Waals surface area contributed by atoms with E-state index in [0.717, 1.165) is 44.5 Å². The molecule has 1 atom stereocenters. The molecule has 3 heterocycles. The van der Waals surface area contributed by atoms with E-state index < -0.39 is 0 Å². The highest BCUT2D eigenvalue weighted by Crippen LogP contribution is 2.16. The number of amides is 1. The van der Waals surface area contributed by atoms with E-state index in [0.29, 0.717) is 18.3 Å². The molecule has 1 fully saturated rings. The second-order valence-electron chi connectivity index (χ2n) is 6.81. The third-order valence-electron chi connectivity index (χ3n) is 5.03. The number of aromatic nitrogens is 4. The largest absolute Gasteiger partial charge is 0.351 e. The summed E-state index contributed by atoms with van der Waals surface area (Å²) in [5.74, 6) is -0.0952. The Kier molecular flexibility index (Phi) is 7.23. The molecule has 1 saturated heterocycles. The van der Waals surface area contributed by atoms with Gasteiger partial charge in [0.25, 0.3) is 5.91 Å². The Morgan fingerprint density at radius 3 is 2.85 bits per heavy atom. The van der Waals surface area contributed by atoms with Crippen LogP contribution in [0.4, 0.5) is 0 Å². The number of nitrogens with zero attached hydrogens (tertiary/aromatic N) is 4. The Morgan fingerprint density at radius 1 is 1.38 bits per heavy atom. The van der Waals surface area contributed by atoms with Crippen LogP contribution in [0.2, 0.25) is 0 Å². The summed E-state index contributed by atoms with van der Waals surface area (Å²) in [4.78, 5) is 12.3. The monoisotopic (exact) mass is 380 g/mol. The van der Waals surface area contributed by atoms with Gasteiger partial charge in [0.05, 0.1) is 11.7 Å². The molecule has 0 radical (unpaired) electrons. The molecule has 2 aromatic heterocycles. The lowest BCUT2D eigenvalue weighted by atomic mass is 10.1. The molecule has 0 saturated carbocycles. The second kappa shape index (κ2) is 9.19. The van der Waals surface area contributed by atoms with Crippen molar-refractivity contribution in [3.8, 4) is 0 Å². The van der Waals surface area contributed by atoms with Crippen LogP contribution in [0.3, 0.4) is 0 Å². The van der Waals surface area contributed by atoms with Gasteiger partial charge in [0.1, 0.15) is 5.69 Å². The zero-order chi connectivity index (χ0) is 17.8. The first-order chi connectivity index (χ1) is 12.1. The number of nitrogens with one attached hydrogen (secondary N) is 2. The Hall–Kier alpha value is -1.86. The van der Waals surface area contributed by atoms with Crippen molar-refractivity contribution in [2.45, 2.75) is 45.6 Å². The maximum Gasteiger partial charge on any atom is 0.271 e. The second-order valence-corrected chi connectivity index (χ2v) is 6.81. The molecular weight excluding hydrogens is 352 g/mol. The van der Waals surface area contributed by atoms with E-state index in [1.807, 2.05) is 29.5 Å². The maximum atomic E-state index is 12.3. The number of halogens is 1. The molecule has 2 N–H and O–H groups in total. The van der Waals surface area contributed by atoms with Crippen molar-refractivity contribution in [3.63, 3.8) is 0 Å². The van der Waals surface area contributed by atoms with Crippen LogP contribution in [-0.4, -0.2) is 45.1 Å². The molecule has 8 heteroatoms. The molecule has 1 amide bonds. The van der Waals surface area contributed by atoms with E-state index in [1.54, 1.807) is 6.07 Å². The average molecular weight is 381 g/mol. The van der Waals surface area contributed by atoms with Crippen molar-refractivity contribution < 1.29 is 4.79 Å². The summed E-state index contributed by atoms with van der Waals surface area (Å²) in [5, 5.41) is 15.2. The van der Waals surface area contributed by atoms with Gasteiger partial charge in [-0.3, -0.25) is 14.2 Å². The zero-order valence-corrected chi connectivity index (χ0v) is 16.6. The molecule has 7 nitrogen and oxygen atoms in total. The highest BCUT2D eigenvalue weighted by molar-refractivity contribution is 5.92. The number of aryl methyl sites for hydroxylation is 2. The van der Waals surface area contributed by atoms with Crippen LogP contribution in [-0.2, 0) is 13.5 Å². The Labute approximate surface area is 160 Å². The van der Waals surface area contributed by atoms with Gasteiger partial charge in [-0.25, -0.2) is 0 Å². The summed E-state index contributed by atoms with van der Waals surface area (Å²) < 4.78 is 3.83. The Balaban J connectivity index is 0.00000243. The molecule has 1 aliphatic rings. The Bertz CT molecular complexity index is 732. The number of hydrogen-bond acceptors (Lipinski definition) is 4. The molecule has 0 aliphatic carbocycles. The molecule has 3 rings (SSSR count). The lowest BCUT2D eigenvalue weighted by molar-refractivity contribution is 0.0947. The predicted octanol–water partition coefficient (Wildman–Crippen LogP) is 1.94. The van der Waals surface area contributed by atoms with Crippen molar-refractivity contribution in [2.24, 2.45) is 7.05 Å². The minimum absolute atomic E-state index is 0. The lowest BCUT2D eigenvalue weighted by Crippen LogP contribution is -2.32. The molecule has 0 spiro atoms. The molecule has 1 aliphatic heterocycles. The van der Waals surface area contributed by atoms with Crippen molar-refractivity contribution in [2.75, 3.05) is 19.6 Å². The zero-order valence-electron chi connectivity index (χ0n) is 15.8. The smallest absolute Gasteiger partial charge is 0.271 e. The van der Waals surface area contributed by atoms with Crippen molar-refractivity contribution in [1.29, 1.82) is 0 Å². The van der Waals surface area contributed by atoms with Crippen LogP contribution < -0.4 is 10.6 Å². The van der Waals surface area contributed by atoms with E-state index >= 15 is 0 Å². The minimum atomic E-state index is -0.0952. The van der Waals surface area contributed by atoms with Crippen molar-refractivity contribution in [1.82, 2.24) is 30.2 Å². The Morgan fingerprint density at radius 2 is 2.19 bits per heavy atom. The van der Waals surface area contributed by atoms with E-state index in [1.165, 1.54) is 11.3 Å². The summed E-state index contributed by atoms with van der Waals surface area (Å²) in [6.45, 7) is 6.76. The third kappa shape index (κ3) is 4.65. The standard InChI is InChI=1S/C18H28N6O.ClH/c1-13-16(14(2)23(3)21-13)7-5-10-20-18(25)17-8-11-24(22-17)15-6-4-9-19-12-15;/h8,11,15,19H,4-7,9-10,12H2,1-3H3,(H,20,25);1H. The van der Waals surface area contributed by atoms with Gasteiger partial charge >= 0.3 is 0 Å². The molecular formula is C18H29ClN6O. The van der Waals surface area contributed by atoms with Gasteiger partial charge in [-0.1, -0.05) is 0 Å². The van der Waals surface area contributed by atoms with Crippen LogP contribution in [0, 0.1) is 13.8 Å². The molecule has 2 aromatic rings. The number of carbonyl (C=O) groups excluding carboxylic acids is 1. The molecule has 1 unspecified atom stereocenters. The first kappa shape index (κ1) is 20.5. The highest BCUT2D eigenvalue weighted by atomic mass is 35.5. The summed E-state index contributed by atoms with van der Waals surface area (Å²) in [6.07, 6.45) is 5.99. The maximum absolute atomic E-state index is 12.3. The summed E-state index contributed by atoms with van der Waals surface area (Å²) in [6, 6.07) is 2.16. The van der Waals surface area contributed by atoms with E-state index in [9.17, 15) is 4.79 Å². The van der Waals surface area contributed by atoms with Crippen LogP contribution in [0.25, 0.3) is 0 Å². The number of rotatable bonds is 6. The molecule has 0 aromatic carbocycles. The fourth-order valence-corrected chi connectivity index (χ4v) is 3.46. The van der Waals surface area contributed by atoms with Crippen molar-refractivity contribution in [3.05, 3.63) is 34.9 Å². The normalized spacial score (nSPS) is 17.0. The summed E-state index contributed by atoms with van der Waals surface area (Å²) >= 11 is 0. The first-order valence-electron chi connectivity index (χ1n) is 9.09. The number of carbonyl (C=O) groups is 1. The van der Waals surface area contributed by atoms with Gasteiger partial charge in [-0.15, -0.1) is 12.4 Å². The van der Waals surface area contributed by atoms with E-state index in [-0.39, 0.29) is 18.3 Å². The molecule has 0 bridgehead atoms. The molecule has 144 valence electrons. The average Bonchev–Trinajstić information content (AvgIpc) is 3.19. The molecule has 26 heavy (non-hydrogen) atoms. The van der Waals surface area contributed by atoms with E-state index in [2.05, 4.69) is 27.8 Å². The predicted molar refractivity (Wildman–Crippen MR) is 104 cm³/mol. The highest BCUT2D eigenvalue weighted by Gasteiger charge is 2.17. The van der Waals surface area contributed by atoms with Gasteiger partial charge in [0.15, 0.2) is 0 Å². The first-order valence-corrected chi connectivity index (χ1v) is 9.09. The van der Waals surface area contributed by atoms with Gasteiger partial charge in [0.2, 0.25) is 0 Å². The van der Waals surface area contributed by atoms with Crippen LogP contribution >= 0.6 is 12.4 Å². The SMILES string of the molecule is Cc1nn(C)c(C)c1CCCNC(=O)c1ccn(C2CCCNC2)n1.Cl. The summed E-state index contributed by atoms with van der Waals surface area (Å²) in [7, 11) is 1.96. The van der Waals surface area contributed by atoms with Crippen LogP contribution in [0.5, 0.6) is 0 Å². The van der Waals surface area contributed by atoms with Gasteiger partial charge < -0.3 is 10.6 Å². The van der Waals surface area contributed by atoms with E-state index in [4.69, 9.17) is 0 Å². The van der Waals surface area contributed by atoms with Crippen molar-refractivity contribution >= 4 is 18.3 Å². The van der Waals surface area contributed by atoms with Gasteiger partial charge in [-0.2, -0.15) is 10.2 Å². The topological polar surface area (TPSA) is 76.8 Å². The van der Waals surface area contributed by atoms with Gasteiger partial charge in [-0.05, 0) is 57.7 Å².